The van der Waals surface area contributed by atoms with E-state index < -0.39 is 5.60 Å². The Morgan fingerprint density at radius 2 is 1.94 bits per heavy atom. The third kappa shape index (κ3) is 2.16. The van der Waals surface area contributed by atoms with Crippen molar-refractivity contribution in [2.24, 2.45) is 0 Å². The lowest BCUT2D eigenvalue weighted by Crippen LogP contribution is -2.43. The Kier molecular flexibility index (Phi) is 2.67. The summed E-state index contributed by atoms with van der Waals surface area (Å²) >= 11 is 0. The summed E-state index contributed by atoms with van der Waals surface area (Å²) in [6.45, 7) is 3.52. The lowest BCUT2D eigenvalue weighted by atomic mass is 9.94. The highest BCUT2D eigenvalue weighted by Crippen LogP contribution is 2.24. The Bertz CT molecular complexity index is 558. The van der Waals surface area contributed by atoms with Crippen LogP contribution in [0.5, 0.6) is 0 Å². The quantitative estimate of drug-likeness (QED) is 0.832. The van der Waals surface area contributed by atoms with Crippen LogP contribution in [0.2, 0.25) is 0 Å². The van der Waals surface area contributed by atoms with Crippen molar-refractivity contribution < 1.29 is 5.11 Å². The third-order valence-corrected chi connectivity index (χ3v) is 3.60. The molecule has 1 N–H and O–H groups in total. The molecule has 4 heteroatoms. The van der Waals surface area contributed by atoms with Crippen LogP contribution in [0.3, 0.4) is 0 Å². The number of hydrogen-bond acceptors (Lipinski definition) is 4. The Morgan fingerprint density at radius 1 is 1.22 bits per heavy atom. The van der Waals surface area contributed by atoms with Gasteiger partial charge < -0.3 is 10.0 Å². The molecule has 2 heterocycles. The number of para-hydroxylation sites is 1. The zero-order valence-electron chi connectivity index (χ0n) is 10.5. The molecule has 2 aromatic rings. The SMILES string of the molecule is CC1(O)CCN(c2ncc3ccccc3n2)CC1. The van der Waals surface area contributed by atoms with E-state index in [1.54, 1.807) is 0 Å². The van der Waals surface area contributed by atoms with Crippen molar-refractivity contribution in [1.29, 1.82) is 0 Å². The maximum Gasteiger partial charge on any atom is 0.225 e. The first kappa shape index (κ1) is 11.4. The predicted octanol–water partition coefficient (Wildman–Crippen LogP) is 1.98. The van der Waals surface area contributed by atoms with Crippen LogP contribution < -0.4 is 4.90 Å². The summed E-state index contributed by atoms with van der Waals surface area (Å²) in [6.07, 6.45) is 3.40. The Labute approximate surface area is 106 Å². The fourth-order valence-corrected chi connectivity index (χ4v) is 2.30. The van der Waals surface area contributed by atoms with Gasteiger partial charge in [0.2, 0.25) is 5.95 Å². The van der Waals surface area contributed by atoms with Crippen LogP contribution in [0.4, 0.5) is 5.95 Å². The van der Waals surface area contributed by atoms with E-state index in [4.69, 9.17) is 0 Å². The van der Waals surface area contributed by atoms with Crippen LogP contribution in [0.15, 0.2) is 30.5 Å². The monoisotopic (exact) mass is 243 g/mol. The van der Waals surface area contributed by atoms with Crippen molar-refractivity contribution in [3.8, 4) is 0 Å². The van der Waals surface area contributed by atoms with Crippen LogP contribution in [0.25, 0.3) is 10.9 Å². The number of nitrogens with zero attached hydrogens (tertiary/aromatic N) is 3. The Hall–Kier alpha value is -1.68. The summed E-state index contributed by atoms with van der Waals surface area (Å²) in [6, 6.07) is 7.99. The van der Waals surface area contributed by atoms with Gasteiger partial charge in [0, 0.05) is 24.7 Å². The van der Waals surface area contributed by atoms with Crippen molar-refractivity contribution in [2.75, 3.05) is 18.0 Å². The van der Waals surface area contributed by atoms with Gasteiger partial charge in [-0.25, -0.2) is 9.97 Å². The predicted molar refractivity (Wildman–Crippen MR) is 71.6 cm³/mol. The standard InChI is InChI=1S/C14H17N3O/c1-14(18)6-8-17(9-7-14)13-15-10-11-4-2-3-5-12(11)16-13/h2-5,10,18H,6-9H2,1H3. The molecule has 94 valence electrons. The molecule has 1 aromatic carbocycles. The van der Waals surface area contributed by atoms with Gasteiger partial charge in [0.25, 0.3) is 0 Å². The molecule has 0 aliphatic carbocycles. The topological polar surface area (TPSA) is 49.2 Å². The van der Waals surface area contributed by atoms with Crippen molar-refractivity contribution in [3.05, 3.63) is 30.5 Å². The highest BCUT2D eigenvalue weighted by molar-refractivity contribution is 5.78. The van der Waals surface area contributed by atoms with E-state index in [-0.39, 0.29) is 0 Å². The molecule has 0 unspecified atom stereocenters. The largest absolute Gasteiger partial charge is 0.390 e. The van der Waals surface area contributed by atoms with E-state index in [1.807, 2.05) is 37.4 Å². The fraction of sp³-hybridized carbons (Fsp3) is 0.429. The van der Waals surface area contributed by atoms with E-state index >= 15 is 0 Å². The molecule has 1 saturated heterocycles. The minimum absolute atomic E-state index is 0.534. The van der Waals surface area contributed by atoms with Crippen molar-refractivity contribution >= 4 is 16.9 Å². The first-order valence-corrected chi connectivity index (χ1v) is 6.33. The van der Waals surface area contributed by atoms with Gasteiger partial charge in [-0.1, -0.05) is 18.2 Å². The van der Waals surface area contributed by atoms with E-state index in [1.165, 1.54) is 0 Å². The van der Waals surface area contributed by atoms with Crippen LogP contribution in [-0.2, 0) is 0 Å². The normalized spacial score (nSPS) is 19.1. The molecule has 1 fully saturated rings. The molecule has 1 aliphatic heterocycles. The van der Waals surface area contributed by atoms with Gasteiger partial charge in [-0.15, -0.1) is 0 Å². The summed E-state index contributed by atoms with van der Waals surface area (Å²) < 4.78 is 0. The van der Waals surface area contributed by atoms with E-state index in [0.29, 0.717) is 0 Å². The average Bonchev–Trinajstić information content (AvgIpc) is 2.38. The molecule has 0 spiro atoms. The number of benzene rings is 1. The van der Waals surface area contributed by atoms with E-state index in [9.17, 15) is 5.11 Å². The van der Waals surface area contributed by atoms with Gasteiger partial charge in [-0.2, -0.15) is 0 Å². The number of rotatable bonds is 1. The van der Waals surface area contributed by atoms with Crippen LogP contribution in [0.1, 0.15) is 19.8 Å². The number of piperidine rings is 1. The molecule has 3 rings (SSSR count). The minimum atomic E-state index is -0.534. The highest BCUT2D eigenvalue weighted by Gasteiger charge is 2.28. The summed E-state index contributed by atoms with van der Waals surface area (Å²) in [4.78, 5) is 11.1. The number of aromatic nitrogens is 2. The summed E-state index contributed by atoms with van der Waals surface area (Å²) in [5, 5.41) is 11.0. The van der Waals surface area contributed by atoms with Gasteiger partial charge in [0.05, 0.1) is 11.1 Å². The maximum atomic E-state index is 9.94. The molecule has 4 nitrogen and oxygen atoms in total. The molecule has 0 radical (unpaired) electrons. The zero-order chi connectivity index (χ0) is 12.6. The summed E-state index contributed by atoms with van der Waals surface area (Å²) in [5.41, 5.74) is 0.438. The van der Waals surface area contributed by atoms with Gasteiger partial charge in [-0.05, 0) is 25.8 Å². The number of hydrogen-bond donors (Lipinski definition) is 1. The molecule has 1 aliphatic rings. The van der Waals surface area contributed by atoms with Crippen LogP contribution >= 0.6 is 0 Å². The van der Waals surface area contributed by atoms with E-state index in [2.05, 4.69) is 14.9 Å². The Morgan fingerprint density at radius 3 is 2.72 bits per heavy atom. The van der Waals surface area contributed by atoms with Gasteiger partial charge in [0.1, 0.15) is 0 Å². The second-order valence-electron chi connectivity index (χ2n) is 5.21. The van der Waals surface area contributed by atoms with Crippen LogP contribution in [-0.4, -0.2) is 33.8 Å². The number of anilines is 1. The summed E-state index contributed by atoms with van der Waals surface area (Å²) in [7, 11) is 0. The summed E-state index contributed by atoms with van der Waals surface area (Å²) in [5.74, 6) is 0.768. The van der Waals surface area contributed by atoms with Gasteiger partial charge in [-0.3, -0.25) is 0 Å². The molecule has 1 aromatic heterocycles. The molecule has 0 atom stereocenters. The Balaban J connectivity index is 1.87. The molecule has 0 saturated carbocycles. The number of fused-ring (bicyclic) bond motifs is 1. The first-order chi connectivity index (χ1) is 8.64. The van der Waals surface area contributed by atoms with Gasteiger partial charge in [0.15, 0.2) is 0 Å². The van der Waals surface area contributed by atoms with Gasteiger partial charge >= 0.3 is 0 Å². The minimum Gasteiger partial charge on any atom is -0.390 e. The third-order valence-electron chi connectivity index (χ3n) is 3.60. The second kappa shape index (κ2) is 4.21. The molecule has 0 bridgehead atoms. The molecular weight excluding hydrogens is 226 g/mol. The first-order valence-electron chi connectivity index (χ1n) is 6.33. The van der Waals surface area contributed by atoms with Crippen LogP contribution in [0, 0.1) is 0 Å². The zero-order valence-corrected chi connectivity index (χ0v) is 10.5. The molecule has 0 amide bonds. The average molecular weight is 243 g/mol. The molecule has 18 heavy (non-hydrogen) atoms. The molecular formula is C14H17N3O. The highest BCUT2D eigenvalue weighted by atomic mass is 16.3. The van der Waals surface area contributed by atoms with Crippen molar-refractivity contribution in [2.45, 2.75) is 25.4 Å². The van der Waals surface area contributed by atoms with Crippen molar-refractivity contribution in [1.82, 2.24) is 9.97 Å². The number of aliphatic hydroxyl groups is 1. The fourth-order valence-electron chi connectivity index (χ4n) is 2.30. The maximum absolute atomic E-state index is 9.94. The van der Waals surface area contributed by atoms with E-state index in [0.717, 1.165) is 42.8 Å². The van der Waals surface area contributed by atoms with Crippen molar-refractivity contribution in [3.63, 3.8) is 0 Å². The second-order valence-corrected chi connectivity index (χ2v) is 5.21. The smallest absolute Gasteiger partial charge is 0.225 e. The lowest BCUT2D eigenvalue weighted by molar-refractivity contribution is 0.0349. The lowest BCUT2D eigenvalue weighted by Gasteiger charge is -2.35.